The highest BCUT2D eigenvalue weighted by Crippen LogP contribution is 2.12. The number of rotatable bonds is 3. The molecule has 2 aromatic rings. The maximum atomic E-state index is 12.4. The van der Waals surface area contributed by atoms with Gasteiger partial charge in [-0.05, 0) is 26.0 Å². The Morgan fingerprint density at radius 2 is 1.89 bits per heavy atom. The Morgan fingerprint density at radius 3 is 2.42 bits per heavy atom. The van der Waals surface area contributed by atoms with Gasteiger partial charge in [-0.1, -0.05) is 17.2 Å². The number of carbonyl (C=O) groups is 1. The van der Waals surface area contributed by atoms with Gasteiger partial charge in [-0.25, -0.2) is 0 Å². The number of hydrogen-bond donors (Lipinski definition) is 0. The van der Waals surface area contributed by atoms with E-state index in [4.69, 9.17) is 0 Å². The van der Waals surface area contributed by atoms with E-state index in [1.165, 1.54) is 0 Å². The summed E-state index contributed by atoms with van der Waals surface area (Å²) in [4.78, 5) is 14.1. The zero-order valence-corrected chi connectivity index (χ0v) is 11.8. The predicted octanol–water partition coefficient (Wildman–Crippen LogP) is 2.31. The summed E-state index contributed by atoms with van der Waals surface area (Å²) in [6.07, 6.45) is 3.70. The summed E-state index contributed by atoms with van der Waals surface area (Å²) < 4.78 is 1.74. The summed E-state index contributed by atoms with van der Waals surface area (Å²) in [6.45, 7) is 4.58. The Labute approximate surface area is 113 Å². The van der Waals surface area contributed by atoms with Crippen LogP contribution in [0.2, 0.25) is 0 Å². The highest BCUT2D eigenvalue weighted by atomic mass is 16.2. The Balaban J connectivity index is 2.14. The molecule has 100 valence electrons. The first-order valence-electron chi connectivity index (χ1n) is 6.27. The Bertz CT molecular complexity index is 581. The molecule has 1 aromatic heterocycles. The summed E-state index contributed by atoms with van der Waals surface area (Å²) >= 11 is 0. The molecule has 4 nitrogen and oxygen atoms in total. The van der Waals surface area contributed by atoms with E-state index >= 15 is 0 Å². The van der Waals surface area contributed by atoms with Gasteiger partial charge in [-0.2, -0.15) is 5.10 Å². The van der Waals surface area contributed by atoms with Crippen LogP contribution in [-0.2, 0) is 13.6 Å². The maximum Gasteiger partial charge on any atom is 0.253 e. The van der Waals surface area contributed by atoms with E-state index in [0.29, 0.717) is 6.54 Å². The first kappa shape index (κ1) is 13.3. The lowest BCUT2D eigenvalue weighted by molar-refractivity contribution is 0.0785. The molecule has 0 N–H and O–H groups in total. The van der Waals surface area contributed by atoms with Gasteiger partial charge in [0.05, 0.1) is 6.20 Å². The Hall–Kier alpha value is -2.10. The van der Waals surface area contributed by atoms with Crippen LogP contribution in [0.5, 0.6) is 0 Å². The quantitative estimate of drug-likeness (QED) is 0.846. The van der Waals surface area contributed by atoms with E-state index in [0.717, 1.165) is 22.3 Å². The van der Waals surface area contributed by atoms with Crippen LogP contribution in [0, 0.1) is 13.8 Å². The largest absolute Gasteiger partial charge is 0.337 e. The predicted molar refractivity (Wildman–Crippen MR) is 74.9 cm³/mol. The van der Waals surface area contributed by atoms with Crippen molar-refractivity contribution in [1.29, 1.82) is 0 Å². The van der Waals surface area contributed by atoms with Crippen LogP contribution in [0.1, 0.15) is 27.0 Å². The molecule has 1 heterocycles. The first-order valence-corrected chi connectivity index (χ1v) is 6.27. The van der Waals surface area contributed by atoms with Crippen molar-refractivity contribution in [2.75, 3.05) is 7.05 Å². The molecule has 0 atom stereocenters. The molecule has 0 spiro atoms. The van der Waals surface area contributed by atoms with Crippen LogP contribution < -0.4 is 0 Å². The summed E-state index contributed by atoms with van der Waals surface area (Å²) in [5.41, 5.74) is 3.99. The van der Waals surface area contributed by atoms with Gasteiger partial charge in [0.2, 0.25) is 0 Å². The van der Waals surface area contributed by atoms with Crippen LogP contribution in [0.15, 0.2) is 30.6 Å². The molecule has 19 heavy (non-hydrogen) atoms. The highest BCUT2D eigenvalue weighted by Gasteiger charge is 2.13. The number of benzene rings is 1. The molecule has 0 saturated heterocycles. The molecule has 0 unspecified atom stereocenters. The average molecular weight is 257 g/mol. The molecule has 0 aliphatic rings. The molecule has 0 radical (unpaired) electrons. The third kappa shape index (κ3) is 3.22. The van der Waals surface area contributed by atoms with Crippen molar-refractivity contribution in [2.24, 2.45) is 7.05 Å². The van der Waals surface area contributed by atoms with Gasteiger partial charge in [0.25, 0.3) is 5.91 Å². The smallest absolute Gasteiger partial charge is 0.253 e. The first-order chi connectivity index (χ1) is 8.95. The summed E-state index contributed by atoms with van der Waals surface area (Å²) in [7, 11) is 3.68. The topological polar surface area (TPSA) is 38.1 Å². The molecule has 1 amide bonds. The van der Waals surface area contributed by atoms with Crippen molar-refractivity contribution >= 4 is 5.91 Å². The van der Waals surface area contributed by atoms with Crippen molar-refractivity contribution in [3.8, 4) is 0 Å². The lowest BCUT2D eigenvalue weighted by atomic mass is 10.1. The number of aryl methyl sites for hydroxylation is 3. The Morgan fingerprint density at radius 1 is 1.26 bits per heavy atom. The van der Waals surface area contributed by atoms with E-state index < -0.39 is 0 Å². The zero-order chi connectivity index (χ0) is 14.0. The standard InChI is InChI=1S/C15H19N3O/c1-11-5-12(2)7-14(6-11)15(19)17(3)9-13-8-16-18(4)10-13/h5-8,10H,9H2,1-4H3. The van der Waals surface area contributed by atoms with E-state index in [-0.39, 0.29) is 5.91 Å². The SMILES string of the molecule is Cc1cc(C)cc(C(=O)N(C)Cc2cnn(C)c2)c1. The van der Waals surface area contributed by atoms with Gasteiger partial charge >= 0.3 is 0 Å². The fourth-order valence-corrected chi connectivity index (χ4v) is 2.22. The van der Waals surface area contributed by atoms with Crippen molar-refractivity contribution in [1.82, 2.24) is 14.7 Å². The number of nitrogens with zero attached hydrogens (tertiary/aromatic N) is 3. The van der Waals surface area contributed by atoms with Crippen LogP contribution in [0.4, 0.5) is 0 Å². The van der Waals surface area contributed by atoms with Crippen LogP contribution in [0.3, 0.4) is 0 Å². The van der Waals surface area contributed by atoms with Crippen LogP contribution in [0.25, 0.3) is 0 Å². The van der Waals surface area contributed by atoms with Crippen LogP contribution >= 0.6 is 0 Å². The average Bonchev–Trinajstić information content (AvgIpc) is 2.72. The normalized spacial score (nSPS) is 10.5. The van der Waals surface area contributed by atoms with Gasteiger partial charge in [0, 0.05) is 38.0 Å². The molecule has 0 bridgehead atoms. The van der Waals surface area contributed by atoms with Crippen molar-refractivity contribution in [3.05, 3.63) is 52.8 Å². The van der Waals surface area contributed by atoms with E-state index in [2.05, 4.69) is 11.2 Å². The molecular weight excluding hydrogens is 238 g/mol. The molecule has 4 heteroatoms. The third-order valence-electron chi connectivity index (χ3n) is 2.99. The second kappa shape index (κ2) is 5.26. The lowest BCUT2D eigenvalue weighted by Gasteiger charge is -2.17. The summed E-state index contributed by atoms with van der Waals surface area (Å²) in [5.74, 6) is 0.0376. The van der Waals surface area contributed by atoms with Gasteiger partial charge < -0.3 is 4.90 Å². The number of hydrogen-bond acceptors (Lipinski definition) is 2. The fourth-order valence-electron chi connectivity index (χ4n) is 2.22. The third-order valence-corrected chi connectivity index (χ3v) is 2.99. The second-order valence-electron chi connectivity index (χ2n) is 5.06. The molecular formula is C15H19N3O. The van der Waals surface area contributed by atoms with E-state index in [1.54, 1.807) is 15.8 Å². The van der Waals surface area contributed by atoms with E-state index in [9.17, 15) is 4.79 Å². The molecule has 0 saturated carbocycles. The number of aromatic nitrogens is 2. The number of carbonyl (C=O) groups excluding carboxylic acids is 1. The Kier molecular flexibility index (Phi) is 3.69. The minimum atomic E-state index is 0.0376. The fraction of sp³-hybridized carbons (Fsp3) is 0.333. The summed E-state index contributed by atoms with van der Waals surface area (Å²) in [6, 6.07) is 5.92. The minimum absolute atomic E-state index is 0.0376. The maximum absolute atomic E-state index is 12.4. The molecule has 1 aromatic carbocycles. The lowest BCUT2D eigenvalue weighted by Crippen LogP contribution is -2.26. The number of amides is 1. The van der Waals surface area contributed by atoms with Gasteiger partial charge in [0.15, 0.2) is 0 Å². The molecule has 2 rings (SSSR count). The summed E-state index contributed by atoms with van der Waals surface area (Å²) in [5, 5.41) is 4.11. The van der Waals surface area contributed by atoms with Crippen molar-refractivity contribution in [3.63, 3.8) is 0 Å². The van der Waals surface area contributed by atoms with E-state index in [1.807, 2.05) is 46.3 Å². The van der Waals surface area contributed by atoms with Crippen molar-refractivity contribution < 1.29 is 4.79 Å². The van der Waals surface area contributed by atoms with Crippen molar-refractivity contribution in [2.45, 2.75) is 20.4 Å². The van der Waals surface area contributed by atoms with Gasteiger partial charge in [-0.3, -0.25) is 9.48 Å². The molecule has 0 fully saturated rings. The minimum Gasteiger partial charge on any atom is -0.337 e. The molecule has 0 aliphatic heterocycles. The van der Waals surface area contributed by atoms with Gasteiger partial charge in [0.1, 0.15) is 0 Å². The monoisotopic (exact) mass is 257 g/mol. The molecule has 0 aliphatic carbocycles. The highest BCUT2D eigenvalue weighted by molar-refractivity contribution is 5.94. The van der Waals surface area contributed by atoms with Gasteiger partial charge in [-0.15, -0.1) is 0 Å². The van der Waals surface area contributed by atoms with Crippen LogP contribution in [-0.4, -0.2) is 27.6 Å². The zero-order valence-electron chi connectivity index (χ0n) is 11.8. The second-order valence-corrected chi connectivity index (χ2v) is 5.06.